The van der Waals surface area contributed by atoms with Crippen LogP contribution in [-0.2, 0) is 9.59 Å². The molecule has 0 spiro atoms. The number of nitrogens with two attached hydrogens (primary N) is 1. The maximum atomic E-state index is 11.9. The number of rotatable bonds is 4. The van der Waals surface area contributed by atoms with E-state index in [0.717, 1.165) is 19.3 Å². The van der Waals surface area contributed by atoms with Crippen LogP contribution in [0.3, 0.4) is 0 Å². The first-order valence-electron chi connectivity index (χ1n) is 6.08. The van der Waals surface area contributed by atoms with Gasteiger partial charge < -0.3 is 16.4 Å². The Bertz CT molecular complexity index is 298. The molecule has 4 N–H and O–H groups in total. The Balaban J connectivity index is 2.36. The summed E-state index contributed by atoms with van der Waals surface area (Å²) in [6, 6.07) is 0. The molecule has 1 rings (SSSR count). The first-order chi connectivity index (χ1) is 7.79. The molecule has 0 atom stereocenters. The highest BCUT2D eigenvalue weighted by atomic mass is 16.2. The Labute approximate surface area is 103 Å². The van der Waals surface area contributed by atoms with Crippen LogP contribution < -0.4 is 16.4 Å². The molecule has 5 nitrogen and oxygen atoms in total. The van der Waals surface area contributed by atoms with Gasteiger partial charge >= 0.3 is 0 Å². The molecule has 5 heteroatoms. The highest BCUT2D eigenvalue weighted by Crippen LogP contribution is 2.39. The van der Waals surface area contributed by atoms with E-state index in [4.69, 9.17) is 5.73 Å². The maximum Gasteiger partial charge on any atom is 0.239 e. The zero-order valence-electron chi connectivity index (χ0n) is 10.9. The fourth-order valence-electron chi connectivity index (χ4n) is 1.94. The van der Waals surface area contributed by atoms with Gasteiger partial charge in [-0.05, 0) is 33.6 Å². The van der Waals surface area contributed by atoms with Gasteiger partial charge in [0, 0.05) is 12.1 Å². The number of carbonyl (C=O) groups excluding carboxylic acids is 2. The molecule has 0 bridgehead atoms. The van der Waals surface area contributed by atoms with Crippen LogP contribution in [0.25, 0.3) is 0 Å². The van der Waals surface area contributed by atoms with E-state index < -0.39 is 5.41 Å². The molecular weight excluding hydrogens is 218 g/mol. The third-order valence-corrected chi connectivity index (χ3v) is 3.11. The van der Waals surface area contributed by atoms with Crippen molar-refractivity contribution in [1.29, 1.82) is 0 Å². The zero-order chi connectivity index (χ0) is 13.1. The molecule has 0 aromatic rings. The summed E-state index contributed by atoms with van der Waals surface area (Å²) in [6.45, 7) is 6.09. The number of hydrogen-bond donors (Lipinski definition) is 3. The lowest BCUT2D eigenvalue weighted by molar-refractivity contribution is -0.137. The van der Waals surface area contributed by atoms with Crippen LogP contribution in [0, 0.1) is 5.41 Å². The summed E-state index contributed by atoms with van der Waals surface area (Å²) < 4.78 is 0. The molecule has 0 unspecified atom stereocenters. The summed E-state index contributed by atoms with van der Waals surface area (Å²) in [5, 5.41) is 5.46. The fraction of sp³-hybridized carbons (Fsp3) is 0.833. The third-order valence-electron chi connectivity index (χ3n) is 3.11. The monoisotopic (exact) mass is 241 g/mol. The molecular formula is C12H23N3O2. The van der Waals surface area contributed by atoms with E-state index in [1.165, 1.54) is 0 Å². The molecule has 0 heterocycles. The smallest absolute Gasteiger partial charge is 0.239 e. The van der Waals surface area contributed by atoms with Gasteiger partial charge in [-0.15, -0.1) is 0 Å². The second-order valence-corrected chi connectivity index (χ2v) is 5.82. The minimum Gasteiger partial charge on any atom is -0.350 e. The van der Waals surface area contributed by atoms with Gasteiger partial charge in [-0.2, -0.15) is 0 Å². The van der Waals surface area contributed by atoms with E-state index in [1.807, 2.05) is 20.8 Å². The highest BCUT2D eigenvalue weighted by Gasteiger charge is 2.42. The normalized spacial score (nSPS) is 18.1. The number of nitrogens with one attached hydrogen (secondary N) is 2. The van der Waals surface area contributed by atoms with Crippen molar-refractivity contribution >= 4 is 11.8 Å². The summed E-state index contributed by atoms with van der Waals surface area (Å²) in [5.41, 5.74) is 4.93. The topological polar surface area (TPSA) is 84.2 Å². The van der Waals surface area contributed by atoms with Gasteiger partial charge in [-0.3, -0.25) is 9.59 Å². The average molecular weight is 241 g/mol. The number of carbonyl (C=O) groups is 2. The Morgan fingerprint density at radius 3 is 2.24 bits per heavy atom. The summed E-state index contributed by atoms with van der Waals surface area (Å²) in [5.74, 6) is -0.257. The summed E-state index contributed by atoms with van der Waals surface area (Å²) >= 11 is 0. The van der Waals surface area contributed by atoms with E-state index in [9.17, 15) is 9.59 Å². The Kier molecular flexibility index (Phi) is 4.14. The highest BCUT2D eigenvalue weighted by molar-refractivity contribution is 5.88. The summed E-state index contributed by atoms with van der Waals surface area (Å²) in [6.07, 6.45) is 2.70. The molecule has 0 saturated heterocycles. The van der Waals surface area contributed by atoms with Crippen molar-refractivity contribution in [2.45, 2.75) is 45.6 Å². The van der Waals surface area contributed by atoms with E-state index in [1.54, 1.807) is 0 Å². The van der Waals surface area contributed by atoms with Gasteiger partial charge in [0.25, 0.3) is 0 Å². The molecule has 0 aromatic carbocycles. The Hall–Kier alpha value is -1.10. The lowest BCUT2D eigenvalue weighted by atomic mass is 9.68. The fourth-order valence-corrected chi connectivity index (χ4v) is 1.94. The molecule has 0 radical (unpaired) electrons. The van der Waals surface area contributed by atoms with Crippen LogP contribution in [0.1, 0.15) is 40.0 Å². The lowest BCUT2D eigenvalue weighted by Gasteiger charge is -2.39. The van der Waals surface area contributed by atoms with Crippen molar-refractivity contribution in [3.8, 4) is 0 Å². The average Bonchev–Trinajstić information content (AvgIpc) is 2.11. The molecule has 1 aliphatic carbocycles. The zero-order valence-corrected chi connectivity index (χ0v) is 10.9. The van der Waals surface area contributed by atoms with Gasteiger partial charge in [0.05, 0.1) is 12.0 Å². The standard InChI is InChI=1S/C12H23N3O2/c1-11(2,3)15-9(16)7-14-10(17)12(8-13)5-4-6-12/h4-8,13H2,1-3H3,(H,14,17)(H,15,16). The molecule has 17 heavy (non-hydrogen) atoms. The quantitative estimate of drug-likeness (QED) is 0.655. The Morgan fingerprint density at radius 1 is 1.29 bits per heavy atom. The summed E-state index contributed by atoms with van der Waals surface area (Å²) in [4.78, 5) is 23.4. The molecule has 0 aliphatic heterocycles. The van der Waals surface area contributed by atoms with Crippen LogP contribution in [0.5, 0.6) is 0 Å². The van der Waals surface area contributed by atoms with Gasteiger partial charge in [-0.1, -0.05) is 6.42 Å². The van der Waals surface area contributed by atoms with Gasteiger partial charge in [-0.25, -0.2) is 0 Å². The second-order valence-electron chi connectivity index (χ2n) is 5.82. The molecule has 1 saturated carbocycles. The second kappa shape index (κ2) is 5.04. The van der Waals surface area contributed by atoms with Crippen molar-refractivity contribution < 1.29 is 9.59 Å². The van der Waals surface area contributed by atoms with Gasteiger partial charge in [0.2, 0.25) is 11.8 Å². The number of amides is 2. The minimum atomic E-state index is -0.415. The molecule has 1 fully saturated rings. The molecule has 2 amide bonds. The lowest BCUT2D eigenvalue weighted by Crippen LogP contribution is -2.53. The van der Waals surface area contributed by atoms with Crippen LogP contribution in [0.15, 0.2) is 0 Å². The van der Waals surface area contributed by atoms with E-state index in [0.29, 0.717) is 6.54 Å². The SMILES string of the molecule is CC(C)(C)NC(=O)CNC(=O)C1(CN)CCC1. The largest absolute Gasteiger partial charge is 0.350 e. The first kappa shape index (κ1) is 14.0. The first-order valence-corrected chi connectivity index (χ1v) is 6.08. The van der Waals surface area contributed by atoms with Crippen LogP contribution in [0.4, 0.5) is 0 Å². The van der Waals surface area contributed by atoms with Crippen molar-refractivity contribution in [1.82, 2.24) is 10.6 Å². The summed E-state index contributed by atoms with van der Waals surface area (Å²) in [7, 11) is 0. The molecule has 98 valence electrons. The predicted octanol–water partition coefficient (Wildman–Crippen LogP) is 0.146. The van der Waals surface area contributed by atoms with Crippen molar-refractivity contribution in [2.24, 2.45) is 11.1 Å². The van der Waals surface area contributed by atoms with Crippen LogP contribution >= 0.6 is 0 Å². The third kappa shape index (κ3) is 3.70. The Morgan fingerprint density at radius 2 is 1.88 bits per heavy atom. The van der Waals surface area contributed by atoms with Crippen molar-refractivity contribution in [3.63, 3.8) is 0 Å². The van der Waals surface area contributed by atoms with E-state index >= 15 is 0 Å². The van der Waals surface area contributed by atoms with Crippen molar-refractivity contribution in [3.05, 3.63) is 0 Å². The maximum absolute atomic E-state index is 11.9. The predicted molar refractivity (Wildman–Crippen MR) is 66.2 cm³/mol. The van der Waals surface area contributed by atoms with E-state index in [-0.39, 0.29) is 23.9 Å². The van der Waals surface area contributed by atoms with Crippen LogP contribution in [0.2, 0.25) is 0 Å². The van der Waals surface area contributed by atoms with Crippen molar-refractivity contribution in [2.75, 3.05) is 13.1 Å². The molecule has 0 aromatic heterocycles. The van der Waals surface area contributed by atoms with Gasteiger partial charge in [0.15, 0.2) is 0 Å². The van der Waals surface area contributed by atoms with Gasteiger partial charge in [0.1, 0.15) is 0 Å². The molecule has 1 aliphatic rings. The van der Waals surface area contributed by atoms with Crippen LogP contribution in [-0.4, -0.2) is 30.4 Å². The van der Waals surface area contributed by atoms with E-state index in [2.05, 4.69) is 10.6 Å². The number of hydrogen-bond acceptors (Lipinski definition) is 3. The minimum absolute atomic E-state index is 0.0256.